The van der Waals surface area contributed by atoms with Gasteiger partial charge in [0.05, 0.1) is 0 Å². The lowest BCUT2D eigenvalue weighted by molar-refractivity contribution is -0.123. The standard InChI is InChI=1S/C13H17N3O/c14-12(17)9-3-5-16-13(6-9)7-11(13)10-2-1-4-15-8-10/h1-2,4,8-9,11,16H,3,5-7H2,(H2,14,17). The fraction of sp³-hybridized carbons (Fsp3) is 0.538. The van der Waals surface area contributed by atoms with Crippen LogP contribution >= 0.6 is 0 Å². The van der Waals surface area contributed by atoms with Crippen molar-refractivity contribution in [2.45, 2.75) is 30.7 Å². The molecular formula is C13H17N3O. The van der Waals surface area contributed by atoms with Crippen LogP contribution in [0.3, 0.4) is 0 Å². The molecule has 4 nitrogen and oxygen atoms in total. The molecule has 1 aliphatic carbocycles. The molecule has 0 radical (unpaired) electrons. The second-order valence-electron chi connectivity index (χ2n) is 5.22. The normalized spacial score (nSPS) is 35.8. The van der Waals surface area contributed by atoms with Crippen molar-refractivity contribution in [3.05, 3.63) is 30.1 Å². The SMILES string of the molecule is NC(=O)C1CCNC2(C1)CC2c1cccnc1. The van der Waals surface area contributed by atoms with Gasteiger partial charge in [0.25, 0.3) is 0 Å². The summed E-state index contributed by atoms with van der Waals surface area (Å²) in [7, 11) is 0. The Bertz CT molecular complexity index is 434. The zero-order chi connectivity index (χ0) is 11.9. The molecule has 1 aromatic rings. The Morgan fingerprint density at radius 3 is 3.12 bits per heavy atom. The van der Waals surface area contributed by atoms with E-state index in [2.05, 4.69) is 16.4 Å². The van der Waals surface area contributed by atoms with Crippen molar-refractivity contribution in [2.75, 3.05) is 6.54 Å². The van der Waals surface area contributed by atoms with Gasteiger partial charge in [-0.2, -0.15) is 0 Å². The Balaban J connectivity index is 1.75. The molecule has 1 amide bonds. The maximum Gasteiger partial charge on any atom is 0.220 e. The second kappa shape index (κ2) is 3.81. The molecule has 0 aromatic carbocycles. The Labute approximate surface area is 101 Å². The third-order valence-corrected chi connectivity index (χ3v) is 4.14. The summed E-state index contributed by atoms with van der Waals surface area (Å²) in [5.74, 6) is 0.388. The van der Waals surface area contributed by atoms with Crippen LogP contribution in [-0.4, -0.2) is 23.0 Å². The van der Waals surface area contributed by atoms with Crippen LogP contribution in [-0.2, 0) is 4.79 Å². The summed E-state index contributed by atoms with van der Waals surface area (Å²) < 4.78 is 0. The summed E-state index contributed by atoms with van der Waals surface area (Å²) in [4.78, 5) is 15.5. The maximum atomic E-state index is 11.3. The number of hydrogen-bond donors (Lipinski definition) is 2. The molecule has 0 bridgehead atoms. The molecule has 3 rings (SSSR count). The Kier molecular flexibility index (Phi) is 2.40. The topological polar surface area (TPSA) is 68.0 Å². The molecule has 17 heavy (non-hydrogen) atoms. The van der Waals surface area contributed by atoms with Crippen molar-refractivity contribution >= 4 is 5.91 Å². The van der Waals surface area contributed by atoms with E-state index in [0.29, 0.717) is 5.92 Å². The van der Waals surface area contributed by atoms with Crippen molar-refractivity contribution < 1.29 is 4.79 Å². The third kappa shape index (κ3) is 1.82. The zero-order valence-electron chi connectivity index (χ0n) is 9.73. The minimum Gasteiger partial charge on any atom is -0.369 e. The molecule has 2 heterocycles. The van der Waals surface area contributed by atoms with Crippen LogP contribution in [0.1, 0.15) is 30.7 Å². The van der Waals surface area contributed by atoms with Crippen molar-refractivity contribution in [3.8, 4) is 0 Å². The molecule has 1 spiro atoms. The second-order valence-corrected chi connectivity index (χ2v) is 5.22. The number of nitrogens with two attached hydrogens (primary N) is 1. The highest BCUT2D eigenvalue weighted by Gasteiger charge is 2.57. The third-order valence-electron chi connectivity index (χ3n) is 4.14. The summed E-state index contributed by atoms with van der Waals surface area (Å²) in [5.41, 5.74) is 6.80. The molecule has 3 unspecified atom stereocenters. The molecule has 1 saturated heterocycles. The van der Waals surface area contributed by atoms with Crippen molar-refractivity contribution in [1.29, 1.82) is 0 Å². The van der Waals surface area contributed by atoms with Crippen molar-refractivity contribution in [3.63, 3.8) is 0 Å². The van der Waals surface area contributed by atoms with E-state index in [-0.39, 0.29) is 17.4 Å². The van der Waals surface area contributed by atoms with Gasteiger partial charge in [-0.15, -0.1) is 0 Å². The van der Waals surface area contributed by atoms with Crippen molar-refractivity contribution in [2.24, 2.45) is 11.7 Å². The lowest BCUT2D eigenvalue weighted by Gasteiger charge is -2.29. The molecule has 3 N–H and O–H groups in total. The van der Waals surface area contributed by atoms with Crippen LogP contribution in [0.25, 0.3) is 0 Å². The highest BCUT2D eigenvalue weighted by Crippen LogP contribution is 2.56. The Hall–Kier alpha value is -1.42. The number of nitrogens with one attached hydrogen (secondary N) is 1. The van der Waals surface area contributed by atoms with Gasteiger partial charge in [0.1, 0.15) is 0 Å². The van der Waals surface area contributed by atoms with Gasteiger partial charge in [-0.1, -0.05) is 6.07 Å². The summed E-state index contributed by atoms with van der Waals surface area (Å²) in [6, 6.07) is 4.08. The molecule has 1 aromatic heterocycles. The molecular weight excluding hydrogens is 214 g/mol. The number of rotatable bonds is 2. The first-order valence-electron chi connectivity index (χ1n) is 6.15. The number of amides is 1. The number of pyridine rings is 1. The van der Waals surface area contributed by atoms with Gasteiger partial charge < -0.3 is 11.1 Å². The number of aromatic nitrogens is 1. The summed E-state index contributed by atoms with van der Waals surface area (Å²) in [6.07, 6.45) is 6.56. The van der Waals surface area contributed by atoms with Crippen LogP contribution in [0.4, 0.5) is 0 Å². The average molecular weight is 231 g/mol. The van der Waals surface area contributed by atoms with Gasteiger partial charge in [-0.3, -0.25) is 9.78 Å². The van der Waals surface area contributed by atoms with E-state index < -0.39 is 0 Å². The number of nitrogens with zero attached hydrogens (tertiary/aromatic N) is 1. The van der Waals surface area contributed by atoms with E-state index >= 15 is 0 Å². The number of carbonyl (C=O) groups excluding carboxylic acids is 1. The van der Waals surface area contributed by atoms with Gasteiger partial charge in [0.2, 0.25) is 5.91 Å². The summed E-state index contributed by atoms with van der Waals surface area (Å²) >= 11 is 0. The van der Waals surface area contributed by atoms with E-state index in [1.807, 2.05) is 12.3 Å². The van der Waals surface area contributed by atoms with Crippen LogP contribution in [0.15, 0.2) is 24.5 Å². The first kappa shape index (κ1) is 10.7. The Morgan fingerprint density at radius 1 is 1.53 bits per heavy atom. The van der Waals surface area contributed by atoms with Gasteiger partial charge in [-0.25, -0.2) is 0 Å². The van der Waals surface area contributed by atoms with E-state index in [4.69, 9.17) is 5.73 Å². The number of carbonyl (C=O) groups is 1. The van der Waals surface area contributed by atoms with E-state index in [1.165, 1.54) is 5.56 Å². The lowest BCUT2D eigenvalue weighted by Crippen LogP contribution is -2.45. The van der Waals surface area contributed by atoms with E-state index in [0.717, 1.165) is 25.8 Å². The lowest BCUT2D eigenvalue weighted by atomic mass is 9.88. The van der Waals surface area contributed by atoms with Gasteiger partial charge in [0, 0.05) is 29.8 Å². The van der Waals surface area contributed by atoms with Crippen LogP contribution in [0, 0.1) is 5.92 Å². The smallest absolute Gasteiger partial charge is 0.220 e. The van der Waals surface area contributed by atoms with E-state index in [1.54, 1.807) is 6.20 Å². The first-order chi connectivity index (χ1) is 8.21. The minimum absolute atomic E-state index is 0.0397. The number of hydrogen-bond acceptors (Lipinski definition) is 3. The monoisotopic (exact) mass is 231 g/mol. The van der Waals surface area contributed by atoms with Crippen LogP contribution in [0.5, 0.6) is 0 Å². The highest BCUT2D eigenvalue weighted by atomic mass is 16.1. The molecule has 2 fully saturated rings. The molecule has 3 atom stereocenters. The predicted octanol–water partition coefficient (Wildman–Crippen LogP) is 0.793. The largest absolute Gasteiger partial charge is 0.369 e. The van der Waals surface area contributed by atoms with Crippen molar-refractivity contribution in [1.82, 2.24) is 10.3 Å². The van der Waals surface area contributed by atoms with Gasteiger partial charge >= 0.3 is 0 Å². The Morgan fingerprint density at radius 2 is 2.41 bits per heavy atom. The average Bonchev–Trinajstić information content (AvgIpc) is 3.04. The van der Waals surface area contributed by atoms with Crippen LogP contribution < -0.4 is 11.1 Å². The summed E-state index contributed by atoms with van der Waals surface area (Å²) in [6.45, 7) is 0.893. The quantitative estimate of drug-likeness (QED) is 0.790. The first-order valence-corrected chi connectivity index (χ1v) is 6.15. The maximum absolute atomic E-state index is 11.3. The van der Waals surface area contributed by atoms with E-state index in [9.17, 15) is 4.79 Å². The molecule has 1 aliphatic heterocycles. The highest BCUT2D eigenvalue weighted by molar-refractivity contribution is 5.77. The number of piperidine rings is 1. The van der Waals surface area contributed by atoms with Gasteiger partial charge in [0.15, 0.2) is 0 Å². The van der Waals surface area contributed by atoms with Crippen LogP contribution in [0.2, 0.25) is 0 Å². The fourth-order valence-corrected chi connectivity index (χ4v) is 3.10. The number of primary amides is 1. The minimum atomic E-state index is -0.150. The zero-order valence-corrected chi connectivity index (χ0v) is 9.73. The molecule has 1 saturated carbocycles. The molecule has 90 valence electrons. The van der Waals surface area contributed by atoms with Gasteiger partial charge in [-0.05, 0) is 37.4 Å². The summed E-state index contributed by atoms with van der Waals surface area (Å²) in [5, 5.41) is 3.57. The predicted molar refractivity (Wildman–Crippen MR) is 64.2 cm³/mol. The fourth-order valence-electron chi connectivity index (χ4n) is 3.10. The molecule has 4 heteroatoms. The molecule has 2 aliphatic rings.